The summed E-state index contributed by atoms with van der Waals surface area (Å²) in [5.74, 6) is -0.516. The normalized spacial score (nSPS) is 18.1. The highest BCUT2D eigenvalue weighted by Gasteiger charge is 2.15. The minimum atomic E-state index is -0.275. The van der Waals surface area contributed by atoms with Crippen molar-refractivity contribution in [3.05, 3.63) is 0 Å². The summed E-state index contributed by atoms with van der Waals surface area (Å²) in [5, 5.41) is 0. The van der Waals surface area contributed by atoms with Crippen molar-refractivity contribution in [3.8, 4) is 0 Å². The van der Waals surface area contributed by atoms with Gasteiger partial charge in [0.15, 0.2) is 0 Å². The van der Waals surface area contributed by atoms with Gasteiger partial charge in [0.25, 0.3) is 0 Å². The zero-order valence-electron chi connectivity index (χ0n) is 10.7. The van der Waals surface area contributed by atoms with E-state index in [9.17, 15) is 9.59 Å². The van der Waals surface area contributed by atoms with Gasteiger partial charge in [-0.25, -0.2) is 0 Å². The van der Waals surface area contributed by atoms with E-state index in [0.29, 0.717) is 6.54 Å². The molecule has 6 heteroatoms. The molecule has 1 heterocycles. The maximum Gasteiger partial charge on any atom is 0.320 e. The van der Waals surface area contributed by atoms with Gasteiger partial charge in [-0.1, -0.05) is 29.0 Å². The second kappa shape index (κ2) is 8.68. The zero-order valence-corrected chi connectivity index (χ0v) is 12.8. The van der Waals surface area contributed by atoms with E-state index in [1.54, 1.807) is 6.92 Å². The first-order valence-corrected chi connectivity index (χ1v) is 7.53. The number of ether oxygens (including phenoxy) is 2. The minimum Gasteiger partial charge on any atom is -0.461 e. The van der Waals surface area contributed by atoms with Crippen LogP contribution in [0.25, 0.3) is 0 Å². The van der Waals surface area contributed by atoms with Gasteiger partial charge in [-0.05, 0) is 32.9 Å². The number of carbonyl (C=O) groups excluding carboxylic acids is 2. The molecule has 0 N–H and O–H groups in total. The lowest BCUT2D eigenvalue weighted by Crippen LogP contribution is -2.35. The van der Waals surface area contributed by atoms with Crippen LogP contribution in [0, 0.1) is 0 Å². The molecule has 0 radical (unpaired) electrons. The molecule has 0 amide bonds. The second-order valence-corrected chi connectivity index (χ2v) is 6.21. The SMILES string of the molecule is CC(I)C(=O)OCCOC(=O)CN1CCCCC1. The molecule has 0 aliphatic carbocycles. The van der Waals surface area contributed by atoms with Crippen molar-refractivity contribution in [1.29, 1.82) is 0 Å². The molecule has 18 heavy (non-hydrogen) atoms. The number of carbonyl (C=O) groups is 2. The van der Waals surface area contributed by atoms with Crippen LogP contribution in [0.1, 0.15) is 26.2 Å². The summed E-state index contributed by atoms with van der Waals surface area (Å²) >= 11 is 1.98. The topological polar surface area (TPSA) is 55.8 Å². The number of hydrogen-bond donors (Lipinski definition) is 0. The molecule has 1 saturated heterocycles. The van der Waals surface area contributed by atoms with Crippen LogP contribution in [0.3, 0.4) is 0 Å². The summed E-state index contributed by atoms with van der Waals surface area (Å²) in [5.41, 5.74) is 0. The van der Waals surface area contributed by atoms with Crippen molar-refractivity contribution in [2.24, 2.45) is 0 Å². The third kappa shape index (κ3) is 6.53. The number of esters is 2. The molecule has 5 nitrogen and oxygen atoms in total. The predicted molar refractivity (Wildman–Crippen MR) is 75.7 cm³/mol. The molecule has 104 valence electrons. The first kappa shape index (κ1) is 15.7. The van der Waals surface area contributed by atoms with Crippen LogP contribution in [0.15, 0.2) is 0 Å². The van der Waals surface area contributed by atoms with Crippen LogP contribution in [0.5, 0.6) is 0 Å². The van der Waals surface area contributed by atoms with Crippen LogP contribution in [-0.2, 0) is 19.1 Å². The third-order valence-corrected chi connectivity index (χ3v) is 3.23. The highest BCUT2D eigenvalue weighted by Crippen LogP contribution is 2.08. The molecular weight excluding hydrogens is 349 g/mol. The largest absolute Gasteiger partial charge is 0.461 e. The summed E-state index contributed by atoms with van der Waals surface area (Å²) in [4.78, 5) is 24.7. The number of hydrogen-bond acceptors (Lipinski definition) is 5. The number of piperidine rings is 1. The number of likely N-dealkylation sites (tertiary alicyclic amines) is 1. The van der Waals surface area contributed by atoms with E-state index < -0.39 is 0 Å². The zero-order chi connectivity index (χ0) is 13.4. The van der Waals surface area contributed by atoms with Gasteiger partial charge in [-0.3, -0.25) is 14.5 Å². The van der Waals surface area contributed by atoms with Crippen LogP contribution >= 0.6 is 22.6 Å². The molecule has 0 aromatic carbocycles. The average molecular weight is 369 g/mol. The van der Waals surface area contributed by atoms with E-state index in [2.05, 4.69) is 4.90 Å². The standard InChI is InChI=1S/C12H20INO4/c1-10(13)12(16)18-8-7-17-11(15)9-14-5-3-2-4-6-14/h10H,2-9H2,1H3. The Morgan fingerprint density at radius 2 is 1.78 bits per heavy atom. The van der Waals surface area contributed by atoms with E-state index in [1.165, 1.54) is 6.42 Å². The Labute approximate surface area is 121 Å². The van der Waals surface area contributed by atoms with Crippen LogP contribution < -0.4 is 0 Å². The lowest BCUT2D eigenvalue weighted by molar-refractivity contribution is -0.152. The van der Waals surface area contributed by atoms with Gasteiger partial charge in [0, 0.05) is 0 Å². The van der Waals surface area contributed by atoms with Gasteiger partial charge in [-0.15, -0.1) is 0 Å². The summed E-state index contributed by atoms with van der Waals surface area (Å²) in [6.07, 6.45) is 3.55. The van der Waals surface area contributed by atoms with Crippen molar-refractivity contribution >= 4 is 34.5 Å². The number of halogens is 1. The lowest BCUT2D eigenvalue weighted by Gasteiger charge is -2.25. The second-order valence-electron chi connectivity index (χ2n) is 4.34. The van der Waals surface area contributed by atoms with E-state index in [0.717, 1.165) is 25.9 Å². The van der Waals surface area contributed by atoms with Gasteiger partial charge in [0.05, 0.1) is 6.54 Å². The minimum absolute atomic E-state index is 0.137. The maximum absolute atomic E-state index is 11.5. The van der Waals surface area contributed by atoms with Gasteiger partial charge in [-0.2, -0.15) is 0 Å². The molecule has 1 rings (SSSR count). The van der Waals surface area contributed by atoms with Gasteiger partial charge in [0.1, 0.15) is 17.1 Å². The Morgan fingerprint density at radius 3 is 2.39 bits per heavy atom. The monoisotopic (exact) mass is 369 g/mol. The highest BCUT2D eigenvalue weighted by atomic mass is 127. The van der Waals surface area contributed by atoms with E-state index in [-0.39, 0.29) is 29.1 Å². The van der Waals surface area contributed by atoms with Gasteiger partial charge >= 0.3 is 11.9 Å². The quantitative estimate of drug-likeness (QED) is 0.307. The number of alkyl halides is 1. The fourth-order valence-electron chi connectivity index (χ4n) is 1.76. The van der Waals surface area contributed by atoms with Gasteiger partial charge < -0.3 is 9.47 Å². The molecule has 1 unspecified atom stereocenters. The lowest BCUT2D eigenvalue weighted by atomic mass is 10.1. The summed E-state index contributed by atoms with van der Waals surface area (Å²) in [6.45, 7) is 4.31. The Bertz CT molecular complexity index is 277. The van der Waals surface area contributed by atoms with Crippen LogP contribution in [-0.4, -0.2) is 53.6 Å². The Balaban J connectivity index is 2.04. The molecule has 0 saturated carbocycles. The Kier molecular flexibility index (Phi) is 7.57. The molecule has 1 atom stereocenters. The van der Waals surface area contributed by atoms with E-state index in [4.69, 9.17) is 9.47 Å². The van der Waals surface area contributed by atoms with Crippen molar-refractivity contribution in [2.75, 3.05) is 32.8 Å². The summed E-state index contributed by atoms with van der Waals surface area (Å²) < 4.78 is 9.75. The van der Waals surface area contributed by atoms with Crippen molar-refractivity contribution < 1.29 is 19.1 Å². The molecule has 1 aliphatic heterocycles. The first-order valence-electron chi connectivity index (χ1n) is 6.28. The Hall–Kier alpha value is -0.370. The summed E-state index contributed by atoms with van der Waals surface area (Å²) in [7, 11) is 0. The molecule has 0 spiro atoms. The molecule has 0 aromatic rings. The fourth-order valence-corrected chi connectivity index (χ4v) is 1.94. The van der Waals surface area contributed by atoms with Crippen LogP contribution in [0.2, 0.25) is 0 Å². The molecule has 0 bridgehead atoms. The molecule has 1 fully saturated rings. The molecule has 0 aromatic heterocycles. The molecular formula is C12H20INO4. The maximum atomic E-state index is 11.5. The number of rotatable bonds is 6. The molecule has 1 aliphatic rings. The van der Waals surface area contributed by atoms with Crippen LogP contribution in [0.4, 0.5) is 0 Å². The highest BCUT2D eigenvalue weighted by molar-refractivity contribution is 14.1. The fraction of sp³-hybridized carbons (Fsp3) is 0.833. The van der Waals surface area contributed by atoms with Crippen molar-refractivity contribution in [2.45, 2.75) is 30.1 Å². The van der Waals surface area contributed by atoms with Crippen molar-refractivity contribution in [1.82, 2.24) is 4.90 Å². The van der Waals surface area contributed by atoms with Gasteiger partial charge in [0.2, 0.25) is 0 Å². The predicted octanol–water partition coefficient (Wildman–Crippen LogP) is 1.38. The van der Waals surface area contributed by atoms with Crippen molar-refractivity contribution in [3.63, 3.8) is 0 Å². The first-order chi connectivity index (χ1) is 8.59. The average Bonchev–Trinajstić information content (AvgIpc) is 2.35. The number of nitrogens with zero attached hydrogens (tertiary/aromatic N) is 1. The smallest absolute Gasteiger partial charge is 0.320 e. The third-order valence-electron chi connectivity index (χ3n) is 2.72. The van der Waals surface area contributed by atoms with E-state index in [1.807, 2.05) is 22.6 Å². The Morgan fingerprint density at radius 1 is 1.17 bits per heavy atom. The van der Waals surface area contributed by atoms with E-state index >= 15 is 0 Å². The summed E-state index contributed by atoms with van der Waals surface area (Å²) in [6, 6.07) is 0.